The first-order valence-electron chi connectivity index (χ1n) is 14.7. The summed E-state index contributed by atoms with van der Waals surface area (Å²) in [6.45, 7) is 11.2. The molecule has 0 saturated carbocycles. The molecule has 3 heterocycles. The molecule has 5 rings (SSSR count). The maximum atomic E-state index is 13.6. The summed E-state index contributed by atoms with van der Waals surface area (Å²) in [4.78, 5) is 31.7. The van der Waals surface area contributed by atoms with Gasteiger partial charge in [0.05, 0.1) is 28.2 Å². The SMILES string of the molecule is Cc1nnc(-c2c(CCc3ccc(F)cc3)nc(CC(C)C)c(C(N)=O)c2-c2cc3c(NC(=O)OC(C)(C)C)cccc3s2)o1. The van der Waals surface area contributed by atoms with Crippen LogP contribution in [0.25, 0.3) is 32.0 Å². The highest BCUT2D eigenvalue weighted by Gasteiger charge is 2.29. The molecule has 9 nitrogen and oxygen atoms in total. The predicted octanol–water partition coefficient (Wildman–Crippen LogP) is 7.89. The third-order valence-electron chi connectivity index (χ3n) is 6.94. The van der Waals surface area contributed by atoms with Crippen molar-refractivity contribution >= 4 is 39.1 Å². The van der Waals surface area contributed by atoms with E-state index in [9.17, 15) is 14.0 Å². The number of nitrogens with two attached hydrogens (primary N) is 1. The Kier molecular flexibility index (Phi) is 9.01. The summed E-state index contributed by atoms with van der Waals surface area (Å²) in [5.41, 5.74) is 9.52. The van der Waals surface area contributed by atoms with Gasteiger partial charge in [0.1, 0.15) is 11.4 Å². The minimum absolute atomic E-state index is 0.178. The molecule has 0 unspecified atom stereocenters. The van der Waals surface area contributed by atoms with Crippen molar-refractivity contribution in [2.45, 2.75) is 66.4 Å². The number of carbonyl (C=O) groups is 2. The molecule has 0 aliphatic carbocycles. The number of carbonyl (C=O) groups excluding carboxylic acids is 2. The molecule has 0 aliphatic heterocycles. The van der Waals surface area contributed by atoms with Gasteiger partial charge < -0.3 is 14.9 Å². The highest BCUT2D eigenvalue weighted by Crippen LogP contribution is 2.45. The number of thiophene rings is 1. The van der Waals surface area contributed by atoms with E-state index in [0.29, 0.717) is 53.4 Å². The number of rotatable bonds is 9. The summed E-state index contributed by atoms with van der Waals surface area (Å²) in [5.74, 6) is -0.187. The second-order valence-electron chi connectivity index (χ2n) is 12.3. The lowest BCUT2D eigenvalue weighted by molar-refractivity contribution is 0.0636. The van der Waals surface area contributed by atoms with Crippen molar-refractivity contribution in [3.8, 4) is 21.9 Å². The molecule has 45 heavy (non-hydrogen) atoms. The molecule has 2 aromatic carbocycles. The summed E-state index contributed by atoms with van der Waals surface area (Å²) < 4.78 is 25.9. The topological polar surface area (TPSA) is 133 Å². The van der Waals surface area contributed by atoms with Crippen molar-refractivity contribution in [3.63, 3.8) is 0 Å². The second kappa shape index (κ2) is 12.8. The number of hydrogen-bond acceptors (Lipinski definition) is 8. The van der Waals surface area contributed by atoms with Gasteiger partial charge >= 0.3 is 6.09 Å². The number of benzene rings is 2. The molecular weight excluding hydrogens is 593 g/mol. The van der Waals surface area contributed by atoms with Gasteiger partial charge in [-0.05, 0) is 81.8 Å². The fourth-order valence-electron chi connectivity index (χ4n) is 5.16. The summed E-state index contributed by atoms with van der Waals surface area (Å²) in [6, 6.07) is 13.8. The number of aromatic nitrogens is 3. The number of aryl methyl sites for hydroxylation is 3. The molecule has 234 valence electrons. The number of halogens is 1. The number of ether oxygens (including phenoxy) is 1. The highest BCUT2D eigenvalue weighted by molar-refractivity contribution is 7.22. The third-order valence-corrected chi connectivity index (χ3v) is 8.06. The quantitative estimate of drug-likeness (QED) is 0.169. The van der Waals surface area contributed by atoms with Gasteiger partial charge in [-0.2, -0.15) is 0 Å². The van der Waals surface area contributed by atoms with Crippen LogP contribution in [0, 0.1) is 18.7 Å². The number of primary amides is 1. The summed E-state index contributed by atoms with van der Waals surface area (Å²) in [5, 5.41) is 12.0. The van der Waals surface area contributed by atoms with Crippen LogP contribution in [0.3, 0.4) is 0 Å². The fraction of sp³-hybridized carbons (Fsp3) is 0.324. The van der Waals surface area contributed by atoms with Crippen LogP contribution in [0.5, 0.6) is 0 Å². The van der Waals surface area contributed by atoms with Crippen molar-refractivity contribution in [1.82, 2.24) is 15.2 Å². The Balaban J connectivity index is 1.74. The molecule has 11 heteroatoms. The molecule has 0 bridgehead atoms. The van der Waals surface area contributed by atoms with Gasteiger partial charge in [-0.15, -0.1) is 21.5 Å². The largest absolute Gasteiger partial charge is 0.444 e. The van der Waals surface area contributed by atoms with Crippen LogP contribution in [0.4, 0.5) is 14.9 Å². The average Bonchev–Trinajstić information content (AvgIpc) is 3.57. The van der Waals surface area contributed by atoms with E-state index in [1.54, 1.807) is 45.9 Å². The number of fused-ring (bicyclic) bond motifs is 1. The van der Waals surface area contributed by atoms with E-state index in [1.165, 1.54) is 23.5 Å². The number of amides is 2. The first kappa shape index (κ1) is 31.8. The maximum Gasteiger partial charge on any atom is 0.412 e. The fourth-order valence-corrected chi connectivity index (χ4v) is 6.31. The van der Waals surface area contributed by atoms with E-state index in [1.807, 2.05) is 32.0 Å². The van der Waals surface area contributed by atoms with E-state index < -0.39 is 17.6 Å². The van der Waals surface area contributed by atoms with Crippen LogP contribution < -0.4 is 11.1 Å². The van der Waals surface area contributed by atoms with Gasteiger partial charge in [0.25, 0.3) is 5.91 Å². The van der Waals surface area contributed by atoms with Gasteiger partial charge in [-0.1, -0.05) is 32.0 Å². The van der Waals surface area contributed by atoms with Gasteiger partial charge in [-0.25, -0.2) is 9.18 Å². The number of pyridine rings is 1. The molecule has 0 fully saturated rings. The molecule has 0 spiro atoms. The minimum atomic E-state index is -0.667. The third kappa shape index (κ3) is 7.37. The maximum absolute atomic E-state index is 13.6. The lowest BCUT2D eigenvalue weighted by Crippen LogP contribution is -2.27. The van der Waals surface area contributed by atoms with Crippen LogP contribution in [0.15, 0.2) is 52.9 Å². The Labute approximate surface area is 265 Å². The smallest absolute Gasteiger partial charge is 0.412 e. The zero-order valence-corrected chi connectivity index (χ0v) is 27.0. The van der Waals surface area contributed by atoms with Gasteiger partial charge in [0.2, 0.25) is 11.8 Å². The molecule has 0 atom stereocenters. The van der Waals surface area contributed by atoms with Crippen LogP contribution >= 0.6 is 11.3 Å². The summed E-state index contributed by atoms with van der Waals surface area (Å²) in [6.07, 6.45) is 0.943. The van der Waals surface area contributed by atoms with E-state index in [4.69, 9.17) is 19.9 Å². The predicted molar refractivity (Wildman–Crippen MR) is 174 cm³/mol. The van der Waals surface area contributed by atoms with Crippen molar-refractivity contribution in [2.24, 2.45) is 11.7 Å². The van der Waals surface area contributed by atoms with Gasteiger partial charge in [0.15, 0.2) is 0 Å². The zero-order valence-electron chi connectivity index (χ0n) is 26.2. The molecular formula is C34H36FN5O4S. The van der Waals surface area contributed by atoms with E-state index in [-0.39, 0.29) is 23.2 Å². The second-order valence-corrected chi connectivity index (χ2v) is 13.4. The molecule has 0 radical (unpaired) electrons. The van der Waals surface area contributed by atoms with Crippen molar-refractivity contribution < 1.29 is 23.1 Å². The van der Waals surface area contributed by atoms with Crippen molar-refractivity contribution in [1.29, 1.82) is 0 Å². The Bertz CT molecular complexity index is 1870. The normalized spacial score (nSPS) is 11.7. The van der Waals surface area contributed by atoms with Crippen LogP contribution in [0.1, 0.15) is 67.8 Å². The Morgan fingerprint density at radius 1 is 1.04 bits per heavy atom. The number of hydrogen-bond donors (Lipinski definition) is 2. The molecule has 5 aromatic rings. The molecule has 0 aliphatic rings. The Morgan fingerprint density at radius 2 is 1.78 bits per heavy atom. The minimum Gasteiger partial charge on any atom is -0.444 e. The number of nitrogens with zero attached hydrogens (tertiary/aromatic N) is 3. The standard InChI is InChI=1S/C34H36FN5O4S/c1-18(2)16-25-28(31(36)41)30(27-17-22-23(8-7-9-26(22)45-27)38-33(42)44-34(4,5)6)29(32-40-39-19(3)43-32)24(37-25)15-12-20-10-13-21(35)14-11-20/h7-11,13-14,17-18H,12,15-16H2,1-6H3,(H2,36,41)(H,38,42). The lowest BCUT2D eigenvalue weighted by Gasteiger charge is -2.20. The number of anilines is 1. The molecule has 3 aromatic heterocycles. The van der Waals surface area contributed by atoms with Gasteiger partial charge in [0, 0.05) is 27.5 Å². The monoisotopic (exact) mass is 629 g/mol. The first-order chi connectivity index (χ1) is 21.3. The molecule has 2 amide bonds. The highest BCUT2D eigenvalue weighted by atomic mass is 32.1. The zero-order chi connectivity index (χ0) is 32.5. The van der Waals surface area contributed by atoms with Crippen LogP contribution in [-0.2, 0) is 24.0 Å². The summed E-state index contributed by atoms with van der Waals surface area (Å²) in [7, 11) is 0. The summed E-state index contributed by atoms with van der Waals surface area (Å²) >= 11 is 1.45. The van der Waals surface area contributed by atoms with E-state index >= 15 is 0 Å². The van der Waals surface area contributed by atoms with Crippen molar-refractivity contribution in [2.75, 3.05) is 5.32 Å². The first-order valence-corrected chi connectivity index (χ1v) is 15.5. The molecule has 3 N–H and O–H groups in total. The van der Waals surface area contributed by atoms with Crippen LogP contribution in [0.2, 0.25) is 0 Å². The van der Waals surface area contributed by atoms with E-state index in [2.05, 4.69) is 15.5 Å². The molecule has 0 saturated heterocycles. The Hall–Kier alpha value is -4.64. The Morgan fingerprint density at radius 3 is 2.40 bits per heavy atom. The van der Waals surface area contributed by atoms with Crippen LogP contribution in [-0.4, -0.2) is 32.8 Å². The van der Waals surface area contributed by atoms with Crippen molar-refractivity contribution in [3.05, 3.63) is 82.8 Å². The average molecular weight is 630 g/mol. The lowest BCUT2D eigenvalue weighted by atomic mass is 9.91. The van der Waals surface area contributed by atoms with E-state index in [0.717, 1.165) is 20.5 Å². The number of nitrogens with one attached hydrogen (secondary N) is 1. The van der Waals surface area contributed by atoms with Gasteiger partial charge in [-0.3, -0.25) is 15.1 Å².